The highest BCUT2D eigenvalue weighted by Crippen LogP contribution is 2.25. The van der Waals surface area contributed by atoms with Crippen LogP contribution in [0.5, 0.6) is 0 Å². The average Bonchev–Trinajstić information content (AvgIpc) is 2.66. The summed E-state index contributed by atoms with van der Waals surface area (Å²) < 4.78 is 17.9. The number of hydrogen-bond acceptors (Lipinski definition) is 5. The minimum absolute atomic E-state index is 0.0455. The Morgan fingerprint density at radius 3 is 2.46 bits per heavy atom. The molecule has 0 radical (unpaired) electrons. The summed E-state index contributed by atoms with van der Waals surface area (Å²) in [5.41, 5.74) is 0.651. The number of methoxy groups -OCH3 is 1. The minimum Gasteiger partial charge on any atom is -0.467 e. The second kappa shape index (κ2) is 9.96. The number of rotatable bonds is 7. The van der Waals surface area contributed by atoms with Crippen LogP contribution in [0.1, 0.15) is 38.2 Å². The number of esters is 1. The molecule has 2 rings (SSSR count). The lowest BCUT2D eigenvalue weighted by molar-refractivity contribution is -0.147. The zero-order valence-electron chi connectivity index (χ0n) is 16.0. The van der Waals surface area contributed by atoms with E-state index in [9.17, 15) is 23.6 Å². The van der Waals surface area contributed by atoms with Gasteiger partial charge >= 0.3 is 5.97 Å². The van der Waals surface area contributed by atoms with E-state index >= 15 is 0 Å². The van der Waals surface area contributed by atoms with Crippen LogP contribution < -0.4 is 10.6 Å². The van der Waals surface area contributed by atoms with Crippen molar-refractivity contribution in [2.24, 2.45) is 5.92 Å². The standard InChI is InChI=1S/C20H25FN2O5/c1-12(24)22-17(10-13-6-8-15(21)9-7-13)19(26)23-18(20(27)28-2)14-4-3-5-16(25)11-14/h6-9,14,17-18H,3-5,10-11H2,1-2H3,(H,22,24)(H,23,26)/t14-,17+,18-/m0/s1. The van der Waals surface area contributed by atoms with Crippen molar-refractivity contribution >= 4 is 23.6 Å². The summed E-state index contributed by atoms with van der Waals surface area (Å²) in [6.45, 7) is 1.28. The maximum Gasteiger partial charge on any atom is 0.328 e. The first-order valence-electron chi connectivity index (χ1n) is 9.21. The number of amides is 2. The SMILES string of the molecule is COC(=O)[C@@H](NC(=O)[C@@H](Cc1ccc(F)cc1)NC(C)=O)[C@H]1CCCC(=O)C1. The maximum absolute atomic E-state index is 13.1. The Balaban J connectivity index is 2.15. The van der Waals surface area contributed by atoms with Crippen molar-refractivity contribution < 1.29 is 28.3 Å². The molecule has 28 heavy (non-hydrogen) atoms. The second-order valence-corrected chi connectivity index (χ2v) is 6.99. The molecule has 3 atom stereocenters. The highest BCUT2D eigenvalue weighted by atomic mass is 19.1. The molecule has 1 aromatic carbocycles. The lowest BCUT2D eigenvalue weighted by Crippen LogP contribution is -2.55. The van der Waals surface area contributed by atoms with Gasteiger partial charge in [-0.2, -0.15) is 0 Å². The number of Topliss-reactive ketones (excluding diaryl/α,β-unsaturated/α-hetero) is 1. The van der Waals surface area contributed by atoms with Gasteiger partial charge in [0.15, 0.2) is 0 Å². The molecular weight excluding hydrogens is 367 g/mol. The van der Waals surface area contributed by atoms with E-state index in [0.29, 0.717) is 24.8 Å². The highest BCUT2D eigenvalue weighted by molar-refractivity contribution is 5.91. The normalized spacial score (nSPS) is 18.7. The van der Waals surface area contributed by atoms with Crippen LogP contribution in [-0.2, 0) is 30.3 Å². The summed E-state index contributed by atoms with van der Waals surface area (Å²) in [6.07, 6.45) is 2.07. The van der Waals surface area contributed by atoms with E-state index in [1.165, 1.54) is 38.3 Å². The summed E-state index contributed by atoms with van der Waals surface area (Å²) in [7, 11) is 1.22. The summed E-state index contributed by atoms with van der Waals surface area (Å²) in [5, 5.41) is 5.19. The predicted molar refractivity (Wildman–Crippen MR) is 98.6 cm³/mol. The fourth-order valence-corrected chi connectivity index (χ4v) is 3.40. The van der Waals surface area contributed by atoms with Crippen molar-refractivity contribution in [2.45, 2.75) is 51.1 Å². The van der Waals surface area contributed by atoms with Gasteiger partial charge in [0, 0.05) is 26.2 Å². The first-order chi connectivity index (χ1) is 13.3. The van der Waals surface area contributed by atoms with Crippen molar-refractivity contribution in [3.63, 3.8) is 0 Å². The number of carbonyl (C=O) groups excluding carboxylic acids is 4. The first-order valence-corrected chi connectivity index (χ1v) is 9.21. The fourth-order valence-electron chi connectivity index (χ4n) is 3.40. The van der Waals surface area contributed by atoms with Gasteiger partial charge in [-0.25, -0.2) is 9.18 Å². The molecule has 2 N–H and O–H groups in total. The van der Waals surface area contributed by atoms with Gasteiger partial charge in [-0.1, -0.05) is 12.1 Å². The van der Waals surface area contributed by atoms with Crippen LogP contribution in [0, 0.1) is 11.7 Å². The van der Waals surface area contributed by atoms with E-state index in [2.05, 4.69) is 10.6 Å². The third kappa shape index (κ3) is 6.14. The fraction of sp³-hybridized carbons (Fsp3) is 0.500. The summed E-state index contributed by atoms with van der Waals surface area (Å²) >= 11 is 0. The molecule has 0 heterocycles. The highest BCUT2D eigenvalue weighted by Gasteiger charge is 2.35. The molecule has 0 unspecified atom stereocenters. The van der Waals surface area contributed by atoms with E-state index in [1.807, 2.05) is 0 Å². The summed E-state index contributed by atoms with van der Waals surface area (Å²) in [5.74, 6) is -2.31. The zero-order valence-corrected chi connectivity index (χ0v) is 16.0. The molecule has 0 aromatic heterocycles. The van der Waals surface area contributed by atoms with Crippen LogP contribution in [0.4, 0.5) is 4.39 Å². The van der Waals surface area contributed by atoms with E-state index in [-0.39, 0.29) is 24.5 Å². The molecule has 2 amide bonds. The third-order valence-electron chi connectivity index (χ3n) is 4.79. The van der Waals surface area contributed by atoms with Crippen LogP contribution in [-0.4, -0.2) is 42.8 Å². The number of ether oxygens (including phenoxy) is 1. The van der Waals surface area contributed by atoms with E-state index < -0.39 is 35.7 Å². The van der Waals surface area contributed by atoms with E-state index in [0.717, 1.165) is 0 Å². The van der Waals surface area contributed by atoms with Gasteiger partial charge in [0.2, 0.25) is 11.8 Å². The molecule has 0 spiro atoms. The molecule has 7 nitrogen and oxygen atoms in total. The van der Waals surface area contributed by atoms with Crippen LogP contribution in [0.15, 0.2) is 24.3 Å². The molecule has 0 bridgehead atoms. The topological polar surface area (TPSA) is 102 Å². The Morgan fingerprint density at radius 2 is 1.89 bits per heavy atom. The number of nitrogens with one attached hydrogen (secondary N) is 2. The van der Waals surface area contributed by atoms with Gasteiger partial charge < -0.3 is 15.4 Å². The molecule has 8 heteroatoms. The van der Waals surface area contributed by atoms with Crippen LogP contribution >= 0.6 is 0 Å². The second-order valence-electron chi connectivity index (χ2n) is 6.99. The molecule has 0 aliphatic heterocycles. The lowest BCUT2D eigenvalue weighted by Gasteiger charge is -2.29. The molecule has 0 saturated heterocycles. The summed E-state index contributed by atoms with van der Waals surface area (Å²) in [4.78, 5) is 48.3. The Bertz CT molecular complexity index is 735. The van der Waals surface area contributed by atoms with Crippen LogP contribution in [0.25, 0.3) is 0 Å². The number of halogens is 1. The molecular formula is C20H25FN2O5. The van der Waals surface area contributed by atoms with Crippen molar-refractivity contribution in [1.82, 2.24) is 10.6 Å². The Labute approximate surface area is 163 Å². The Kier molecular flexibility index (Phi) is 7.66. The minimum atomic E-state index is -0.966. The van der Waals surface area contributed by atoms with Gasteiger partial charge in [-0.05, 0) is 36.5 Å². The van der Waals surface area contributed by atoms with Crippen LogP contribution in [0.2, 0.25) is 0 Å². The van der Waals surface area contributed by atoms with Gasteiger partial charge in [0.1, 0.15) is 23.7 Å². The van der Waals surface area contributed by atoms with Crippen molar-refractivity contribution in [3.8, 4) is 0 Å². The van der Waals surface area contributed by atoms with Gasteiger partial charge in [-0.15, -0.1) is 0 Å². The molecule has 1 aromatic rings. The lowest BCUT2D eigenvalue weighted by atomic mass is 9.83. The molecule has 1 saturated carbocycles. The molecule has 152 valence electrons. The quantitative estimate of drug-likeness (QED) is 0.681. The monoisotopic (exact) mass is 392 g/mol. The Morgan fingerprint density at radius 1 is 1.21 bits per heavy atom. The first kappa shape index (κ1) is 21.5. The Hall–Kier alpha value is -2.77. The average molecular weight is 392 g/mol. The number of carbonyl (C=O) groups is 4. The van der Waals surface area contributed by atoms with E-state index in [1.54, 1.807) is 0 Å². The van der Waals surface area contributed by atoms with Gasteiger partial charge in [-0.3, -0.25) is 14.4 Å². The van der Waals surface area contributed by atoms with Gasteiger partial charge in [0.05, 0.1) is 7.11 Å². The molecule has 1 aliphatic rings. The maximum atomic E-state index is 13.1. The van der Waals surface area contributed by atoms with E-state index in [4.69, 9.17) is 4.74 Å². The summed E-state index contributed by atoms with van der Waals surface area (Å²) in [6, 6.07) is 3.66. The van der Waals surface area contributed by atoms with Crippen molar-refractivity contribution in [2.75, 3.05) is 7.11 Å². The van der Waals surface area contributed by atoms with Crippen molar-refractivity contribution in [3.05, 3.63) is 35.6 Å². The number of ketones is 1. The van der Waals surface area contributed by atoms with Crippen LogP contribution in [0.3, 0.4) is 0 Å². The largest absolute Gasteiger partial charge is 0.467 e. The predicted octanol–water partition coefficient (Wildman–Crippen LogP) is 1.29. The number of hydrogen-bond donors (Lipinski definition) is 2. The third-order valence-corrected chi connectivity index (χ3v) is 4.79. The molecule has 1 aliphatic carbocycles. The number of benzene rings is 1. The zero-order chi connectivity index (χ0) is 20.7. The smallest absolute Gasteiger partial charge is 0.328 e. The van der Waals surface area contributed by atoms with Crippen molar-refractivity contribution in [1.29, 1.82) is 0 Å². The molecule has 1 fully saturated rings. The van der Waals surface area contributed by atoms with Gasteiger partial charge in [0.25, 0.3) is 0 Å².